The fourth-order valence-electron chi connectivity index (χ4n) is 4.80. The van der Waals surface area contributed by atoms with Crippen molar-refractivity contribution in [1.29, 1.82) is 0 Å². The molecule has 0 radical (unpaired) electrons. The number of carbonyl (C=O) groups is 1. The van der Waals surface area contributed by atoms with Crippen LogP contribution < -0.4 is 4.90 Å². The van der Waals surface area contributed by atoms with Crippen molar-refractivity contribution in [3.63, 3.8) is 0 Å². The van der Waals surface area contributed by atoms with Gasteiger partial charge in [-0.15, -0.1) is 10.2 Å². The summed E-state index contributed by atoms with van der Waals surface area (Å²) in [5, 5.41) is 9.55. The van der Waals surface area contributed by atoms with E-state index in [0.717, 1.165) is 36.7 Å². The van der Waals surface area contributed by atoms with Crippen molar-refractivity contribution in [2.75, 3.05) is 23.7 Å². The van der Waals surface area contributed by atoms with Crippen LogP contribution in [0.1, 0.15) is 37.6 Å². The summed E-state index contributed by atoms with van der Waals surface area (Å²) in [6, 6.07) is 14.6. The third kappa shape index (κ3) is 4.68. The number of thioether (sulfide) groups is 1. The van der Waals surface area contributed by atoms with Crippen LogP contribution in [0.2, 0.25) is 0 Å². The zero-order chi connectivity index (χ0) is 22.8. The monoisotopic (exact) mass is 465 g/mol. The Morgan fingerprint density at radius 1 is 1.06 bits per heavy atom. The fraction of sp³-hybridized carbons (Fsp3) is 0.400. The first-order valence-corrected chi connectivity index (χ1v) is 12.5. The van der Waals surface area contributed by atoms with Gasteiger partial charge in [0.2, 0.25) is 5.91 Å². The minimum atomic E-state index is -0.282. The first kappa shape index (κ1) is 22.1. The van der Waals surface area contributed by atoms with Gasteiger partial charge in [-0.3, -0.25) is 14.3 Å². The Bertz CT molecular complexity index is 1130. The number of hydrogen-bond donors (Lipinski definition) is 0. The molecule has 2 aliphatic rings. The highest BCUT2D eigenvalue weighted by molar-refractivity contribution is 7.99. The van der Waals surface area contributed by atoms with E-state index in [4.69, 9.17) is 0 Å². The summed E-state index contributed by atoms with van der Waals surface area (Å²) in [6.07, 6.45) is 4.52. The highest BCUT2D eigenvalue weighted by atomic mass is 32.2. The molecule has 2 aliphatic heterocycles. The Morgan fingerprint density at radius 3 is 2.61 bits per heavy atom. The molecule has 0 aliphatic carbocycles. The second-order valence-electron chi connectivity index (χ2n) is 8.78. The molecule has 0 spiro atoms. The minimum Gasteiger partial charge on any atom is -0.308 e. The quantitative estimate of drug-likeness (QED) is 0.503. The second-order valence-corrected chi connectivity index (χ2v) is 9.72. The third-order valence-corrected chi connectivity index (χ3v) is 7.31. The van der Waals surface area contributed by atoms with Crippen LogP contribution in [0.3, 0.4) is 0 Å². The standard InChI is InChI=1S/C25H28FN5OS/c1-18-15-19-7-3-4-8-22(19)30(18)24(32)17-33-25-28-27-23(16-29-13-5-2-6-14-29)31(25)21-11-9-20(26)10-12-21/h3-4,7-12,18H,2,5-6,13-17H2,1H3. The van der Waals surface area contributed by atoms with Crippen molar-refractivity contribution >= 4 is 23.4 Å². The Hall–Kier alpha value is -2.71. The maximum absolute atomic E-state index is 13.6. The average Bonchev–Trinajstić information content (AvgIpc) is 3.38. The maximum Gasteiger partial charge on any atom is 0.237 e. The molecule has 6 nitrogen and oxygen atoms in total. The van der Waals surface area contributed by atoms with Gasteiger partial charge in [0.05, 0.1) is 12.3 Å². The van der Waals surface area contributed by atoms with E-state index < -0.39 is 0 Å². The number of carbonyl (C=O) groups excluding carboxylic acids is 1. The summed E-state index contributed by atoms with van der Waals surface area (Å²) in [5.74, 6) is 0.861. The number of rotatable bonds is 6. The summed E-state index contributed by atoms with van der Waals surface area (Å²) in [7, 11) is 0. The van der Waals surface area contributed by atoms with Crippen molar-refractivity contribution in [2.24, 2.45) is 0 Å². The molecule has 3 aromatic rings. The van der Waals surface area contributed by atoms with Gasteiger partial charge < -0.3 is 4.90 Å². The number of benzene rings is 2. The van der Waals surface area contributed by atoms with Gasteiger partial charge in [0.25, 0.3) is 0 Å². The molecule has 172 valence electrons. The number of para-hydroxylation sites is 1. The van der Waals surface area contributed by atoms with E-state index in [2.05, 4.69) is 28.1 Å². The number of nitrogens with zero attached hydrogens (tertiary/aromatic N) is 5. The van der Waals surface area contributed by atoms with E-state index in [0.29, 0.717) is 11.7 Å². The lowest BCUT2D eigenvalue weighted by Crippen LogP contribution is -2.37. The predicted molar refractivity (Wildman–Crippen MR) is 128 cm³/mol. The van der Waals surface area contributed by atoms with Gasteiger partial charge in [-0.05, 0) is 75.2 Å². The fourth-order valence-corrected chi connectivity index (χ4v) is 5.63. The van der Waals surface area contributed by atoms with Crippen LogP contribution in [0.5, 0.6) is 0 Å². The van der Waals surface area contributed by atoms with E-state index in [-0.39, 0.29) is 23.5 Å². The lowest BCUT2D eigenvalue weighted by atomic mass is 10.1. The number of amides is 1. The Balaban J connectivity index is 1.37. The molecule has 1 amide bonds. The third-order valence-electron chi connectivity index (χ3n) is 6.40. The van der Waals surface area contributed by atoms with E-state index >= 15 is 0 Å². The average molecular weight is 466 g/mol. The van der Waals surface area contributed by atoms with Crippen molar-refractivity contribution < 1.29 is 9.18 Å². The number of hydrogen-bond acceptors (Lipinski definition) is 5. The molecule has 2 aromatic carbocycles. The Labute approximate surface area is 197 Å². The lowest BCUT2D eigenvalue weighted by Gasteiger charge is -2.26. The molecule has 1 fully saturated rings. The molecule has 1 saturated heterocycles. The van der Waals surface area contributed by atoms with Gasteiger partial charge >= 0.3 is 0 Å². The zero-order valence-electron chi connectivity index (χ0n) is 18.8. The van der Waals surface area contributed by atoms with Crippen LogP contribution in [-0.2, 0) is 17.8 Å². The summed E-state index contributed by atoms with van der Waals surface area (Å²) in [4.78, 5) is 17.5. The topological polar surface area (TPSA) is 54.3 Å². The van der Waals surface area contributed by atoms with Crippen LogP contribution >= 0.6 is 11.8 Å². The van der Waals surface area contributed by atoms with E-state index in [1.165, 1.54) is 48.7 Å². The molecule has 1 unspecified atom stereocenters. The van der Waals surface area contributed by atoms with Gasteiger partial charge in [0, 0.05) is 17.4 Å². The SMILES string of the molecule is CC1Cc2ccccc2N1C(=O)CSc1nnc(CN2CCCCC2)n1-c1ccc(F)cc1. The smallest absolute Gasteiger partial charge is 0.237 e. The minimum absolute atomic E-state index is 0.0590. The predicted octanol–water partition coefficient (Wildman–Crippen LogP) is 4.46. The largest absolute Gasteiger partial charge is 0.308 e. The molecular formula is C25H28FN5OS. The normalized spacial score (nSPS) is 18.5. The summed E-state index contributed by atoms with van der Waals surface area (Å²) < 4.78 is 15.5. The van der Waals surface area contributed by atoms with Crippen LogP contribution in [0, 0.1) is 5.82 Å². The van der Waals surface area contributed by atoms with E-state index in [9.17, 15) is 9.18 Å². The number of aromatic nitrogens is 3. The van der Waals surface area contributed by atoms with Crippen molar-refractivity contribution in [1.82, 2.24) is 19.7 Å². The zero-order valence-corrected chi connectivity index (χ0v) is 19.6. The molecule has 1 aromatic heterocycles. The number of halogens is 1. The lowest BCUT2D eigenvalue weighted by molar-refractivity contribution is -0.116. The van der Waals surface area contributed by atoms with Crippen LogP contribution in [-0.4, -0.2) is 50.5 Å². The summed E-state index contributed by atoms with van der Waals surface area (Å²) in [6.45, 7) is 4.86. The Morgan fingerprint density at radius 2 is 1.82 bits per heavy atom. The highest BCUT2D eigenvalue weighted by Gasteiger charge is 2.31. The molecule has 3 heterocycles. The molecule has 5 rings (SSSR count). The van der Waals surface area contributed by atoms with Crippen molar-refractivity contribution in [3.05, 3.63) is 65.7 Å². The molecular weight excluding hydrogens is 437 g/mol. The van der Waals surface area contributed by atoms with Gasteiger partial charge in [-0.25, -0.2) is 4.39 Å². The first-order chi connectivity index (χ1) is 16.1. The molecule has 0 saturated carbocycles. The van der Waals surface area contributed by atoms with Gasteiger partial charge in [-0.1, -0.05) is 36.4 Å². The molecule has 0 N–H and O–H groups in total. The highest BCUT2D eigenvalue weighted by Crippen LogP contribution is 2.33. The number of fused-ring (bicyclic) bond motifs is 1. The molecule has 0 bridgehead atoms. The number of likely N-dealkylation sites (tertiary alicyclic amines) is 1. The molecule has 8 heteroatoms. The number of anilines is 1. The first-order valence-electron chi connectivity index (χ1n) is 11.6. The molecule has 33 heavy (non-hydrogen) atoms. The molecule has 1 atom stereocenters. The number of piperidine rings is 1. The van der Waals surface area contributed by atoms with Gasteiger partial charge in [0.1, 0.15) is 5.82 Å². The van der Waals surface area contributed by atoms with Gasteiger partial charge in [0.15, 0.2) is 11.0 Å². The van der Waals surface area contributed by atoms with E-state index in [1.54, 1.807) is 12.1 Å². The van der Waals surface area contributed by atoms with E-state index in [1.807, 2.05) is 27.7 Å². The van der Waals surface area contributed by atoms with Crippen molar-refractivity contribution in [3.8, 4) is 5.69 Å². The maximum atomic E-state index is 13.6. The summed E-state index contributed by atoms with van der Waals surface area (Å²) >= 11 is 1.39. The second kappa shape index (κ2) is 9.65. The van der Waals surface area contributed by atoms with Crippen LogP contribution in [0.25, 0.3) is 5.69 Å². The summed E-state index contributed by atoms with van der Waals surface area (Å²) in [5.41, 5.74) is 3.02. The van der Waals surface area contributed by atoms with Gasteiger partial charge in [-0.2, -0.15) is 0 Å². The Kier molecular flexibility index (Phi) is 6.46. The van der Waals surface area contributed by atoms with Crippen LogP contribution in [0.15, 0.2) is 53.7 Å². The van der Waals surface area contributed by atoms with Crippen LogP contribution in [0.4, 0.5) is 10.1 Å². The van der Waals surface area contributed by atoms with Crippen molar-refractivity contribution in [2.45, 2.75) is 50.4 Å².